The number of nitrogens with one attached hydrogen (secondary N) is 1. The van der Waals surface area contributed by atoms with Crippen molar-refractivity contribution in [1.29, 1.82) is 0 Å². The Morgan fingerprint density at radius 3 is 2.93 bits per heavy atom. The molecule has 0 saturated carbocycles. The average molecular weight is 418 g/mol. The number of ether oxygens (including phenoxy) is 1. The van der Waals surface area contributed by atoms with Gasteiger partial charge in [0.15, 0.2) is 0 Å². The van der Waals surface area contributed by atoms with E-state index in [9.17, 15) is 9.59 Å². The lowest BCUT2D eigenvalue weighted by atomic mass is 9.97. The molecule has 0 radical (unpaired) electrons. The summed E-state index contributed by atoms with van der Waals surface area (Å²) in [4.78, 5) is 32.4. The molecule has 0 fully saturated rings. The van der Waals surface area contributed by atoms with Crippen molar-refractivity contribution in [3.8, 4) is 5.75 Å². The predicted octanol–water partition coefficient (Wildman–Crippen LogP) is 4.20. The van der Waals surface area contributed by atoms with E-state index in [0.29, 0.717) is 21.8 Å². The molecule has 1 aliphatic rings. The number of methoxy groups -OCH3 is 1. The molecule has 1 aliphatic carbocycles. The lowest BCUT2D eigenvalue weighted by Gasteiger charge is -2.17. The fraction of sp³-hybridized carbons (Fsp3) is 0.350. The number of carbonyl (C=O) groups excluding carboxylic acids is 1. The van der Waals surface area contributed by atoms with Crippen LogP contribution in [0.2, 0.25) is 5.02 Å². The zero-order valence-electron chi connectivity index (χ0n) is 15.6. The lowest BCUT2D eigenvalue weighted by Crippen LogP contribution is -2.32. The van der Waals surface area contributed by atoms with Crippen LogP contribution in [0.3, 0.4) is 0 Å². The molecule has 2 heterocycles. The van der Waals surface area contributed by atoms with Crippen LogP contribution in [0.25, 0.3) is 10.2 Å². The van der Waals surface area contributed by atoms with E-state index in [1.807, 2.05) is 0 Å². The van der Waals surface area contributed by atoms with E-state index in [0.717, 1.165) is 36.1 Å². The van der Waals surface area contributed by atoms with Gasteiger partial charge in [-0.2, -0.15) is 0 Å². The van der Waals surface area contributed by atoms with Gasteiger partial charge in [-0.1, -0.05) is 11.6 Å². The van der Waals surface area contributed by atoms with Crippen LogP contribution in [-0.4, -0.2) is 22.6 Å². The average Bonchev–Trinajstić information content (AvgIpc) is 3.07. The highest BCUT2D eigenvalue weighted by Gasteiger charge is 2.23. The fourth-order valence-electron chi connectivity index (χ4n) is 3.58. The molecule has 3 aromatic rings. The Morgan fingerprint density at radius 2 is 2.14 bits per heavy atom. The lowest BCUT2D eigenvalue weighted by molar-refractivity contribution is -0.118. The van der Waals surface area contributed by atoms with E-state index in [2.05, 4.69) is 10.3 Å². The molecule has 1 atom stereocenters. The molecule has 1 aromatic carbocycles. The minimum atomic E-state index is -0.729. The molecule has 8 heteroatoms. The highest BCUT2D eigenvalue weighted by atomic mass is 35.5. The van der Waals surface area contributed by atoms with Crippen molar-refractivity contribution in [2.75, 3.05) is 12.4 Å². The van der Waals surface area contributed by atoms with E-state index in [4.69, 9.17) is 16.3 Å². The maximum atomic E-state index is 13.1. The molecule has 28 heavy (non-hydrogen) atoms. The number of benzene rings is 1. The molecule has 0 saturated heterocycles. The van der Waals surface area contributed by atoms with Gasteiger partial charge in [0.25, 0.3) is 5.56 Å². The van der Waals surface area contributed by atoms with Gasteiger partial charge in [-0.05, 0) is 56.4 Å². The Bertz CT molecular complexity index is 1120. The third-order valence-electron chi connectivity index (χ3n) is 5.12. The maximum Gasteiger partial charge on any atom is 0.263 e. The molecule has 1 amide bonds. The van der Waals surface area contributed by atoms with Gasteiger partial charge in [0.05, 0.1) is 24.5 Å². The summed E-state index contributed by atoms with van der Waals surface area (Å²) in [5, 5.41) is 3.95. The van der Waals surface area contributed by atoms with Gasteiger partial charge in [0.2, 0.25) is 5.91 Å². The summed E-state index contributed by atoms with van der Waals surface area (Å²) < 4.78 is 6.67. The molecule has 0 aliphatic heterocycles. The van der Waals surface area contributed by atoms with Crippen LogP contribution >= 0.6 is 22.9 Å². The Kier molecular flexibility index (Phi) is 5.12. The molecule has 0 spiro atoms. The van der Waals surface area contributed by atoms with Gasteiger partial charge in [0, 0.05) is 9.90 Å². The number of aromatic nitrogens is 2. The first-order valence-electron chi connectivity index (χ1n) is 9.15. The van der Waals surface area contributed by atoms with E-state index in [-0.39, 0.29) is 11.5 Å². The molecule has 2 aromatic heterocycles. The summed E-state index contributed by atoms with van der Waals surface area (Å²) in [5.74, 6) is 0.158. The number of nitrogens with zero attached hydrogens (tertiary/aromatic N) is 2. The number of halogens is 1. The van der Waals surface area contributed by atoms with Gasteiger partial charge >= 0.3 is 0 Å². The van der Waals surface area contributed by atoms with Crippen molar-refractivity contribution in [2.45, 2.75) is 38.6 Å². The highest BCUT2D eigenvalue weighted by molar-refractivity contribution is 7.18. The smallest absolute Gasteiger partial charge is 0.263 e. The molecular formula is C20H20ClN3O3S. The van der Waals surface area contributed by atoms with E-state index < -0.39 is 6.04 Å². The zero-order valence-corrected chi connectivity index (χ0v) is 17.2. The second kappa shape index (κ2) is 7.56. The molecule has 146 valence electrons. The van der Waals surface area contributed by atoms with Crippen LogP contribution in [0, 0.1) is 0 Å². The molecule has 1 N–H and O–H groups in total. The van der Waals surface area contributed by atoms with Crippen LogP contribution in [0.4, 0.5) is 5.69 Å². The summed E-state index contributed by atoms with van der Waals surface area (Å²) in [6.07, 6.45) is 5.59. The molecular weight excluding hydrogens is 398 g/mol. The summed E-state index contributed by atoms with van der Waals surface area (Å²) in [5.41, 5.74) is 1.41. The van der Waals surface area contributed by atoms with Crippen molar-refractivity contribution < 1.29 is 9.53 Å². The summed E-state index contributed by atoms with van der Waals surface area (Å²) >= 11 is 7.62. The van der Waals surface area contributed by atoms with Crippen molar-refractivity contribution in [3.05, 3.63) is 50.3 Å². The number of rotatable bonds is 4. The first-order valence-corrected chi connectivity index (χ1v) is 10.3. The number of hydrogen-bond acceptors (Lipinski definition) is 5. The number of amides is 1. The molecule has 4 rings (SSSR count). The zero-order chi connectivity index (χ0) is 19.8. The molecule has 0 bridgehead atoms. The van der Waals surface area contributed by atoms with Crippen molar-refractivity contribution >= 4 is 44.7 Å². The number of anilines is 1. The number of thiophene rings is 1. The normalized spacial score (nSPS) is 14.5. The summed E-state index contributed by atoms with van der Waals surface area (Å²) in [7, 11) is 1.52. The van der Waals surface area contributed by atoms with Gasteiger partial charge in [0.1, 0.15) is 16.6 Å². The SMILES string of the molecule is COc1ccc(Cl)cc1NC(=O)[C@@H](C)n1cnc2sc3c(c2c1=O)CCCC3. The number of hydrogen-bond donors (Lipinski definition) is 1. The molecule has 0 unspecified atom stereocenters. The third-order valence-corrected chi connectivity index (χ3v) is 6.55. The van der Waals surface area contributed by atoms with Crippen LogP contribution in [0.1, 0.15) is 36.2 Å². The van der Waals surface area contributed by atoms with Crippen LogP contribution < -0.4 is 15.6 Å². The summed E-state index contributed by atoms with van der Waals surface area (Å²) in [6, 6.07) is 4.25. The second-order valence-corrected chi connectivity index (χ2v) is 8.38. The van der Waals surface area contributed by atoms with Gasteiger partial charge in [-0.15, -0.1) is 11.3 Å². The Morgan fingerprint density at radius 1 is 1.36 bits per heavy atom. The van der Waals surface area contributed by atoms with Gasteiger partial charge in [-0.3, -0.25) is 14.2 Å². The number of aryl methyl sites for hydroxylation is 2. The minimum absolute atomic E-state index is 0.162. The number of carbonyl (C=O) groups is 1. The van der Waals surface area contributed by atoms with E-state index in [1.54, 1.807) is 36.5 Å². The van der Waals surface area contributed by atoms with Gasteiger partial charge < -0.3 is 10.1 Å². The van der Waals surface area contributed by atoms with Crippen molar-refractivity contribution in [3.63, 3.8) is 0 Å². The third kappa shape index (κ3) is 3.29. The van der Waals surface area contributed by atoms with Crippen LogP contribution in [-0.2, 0) is 17.6 Å². The summed E-state index contributed by atoms with van der Waals surface area (Å²) in [6.45, 7) is 1.68. The Hall–Kier alpha value is -2.38. The van der Waals surface area contributed by atoms with E-state index in [1.165, 1.54) is 22.9 Å². The predicted molar refractivity (Wildman–Crippen MR) is 112 cm³/mol. The second-order valence-electron chi connectivity index (χ2n) is 6.86. The van der Waals surface area contributed by atoms with Gasteiger partial charge in [-0.25, -0.2) is 4.98 Å². The minimum Gasteiger partial charge on any atom is -0.495 e. The topological polar surface area (TPSA) is 73.2 Å². The Balaban J connectivity index is 1.68. The highest BCUT2D eigenvalue weighted by Crippen LogP contribution is 2.33. The molecule has 6 nitrogen and oxygen atoms in total. The quantitative estimate of drug-likeness (QED) is 0.690. The first kappa shape index (κ1) is 19.0. The monoisotopic (exact) mass is 417 g/mol. The number of fused-ring (bicyclic) bond motifs is 3. The Labute approximate surface area is 171 Å². The van der Waals surface area contributed by atoms with Crippen molar-refractivity contribution in [1.82, 2.24) is 9.55 Å². The largest absolute Gasteiger partial charge is 0.495 e. The standard InChI is InChI=1S/C20H20ClN3O3S/c1-11(18(25)23-14-9-12(21)7-8-15(14)27-2)24-10-22-19-17(20(24)26)13-5-3-4-6-16(13)28-19/h7-11H,3-6H2,1-2H3,(H,23,25)/t11-/m1/s1. The van der Waals surface area contributed by atoms with Crippen LogP contribution in [0.15, 0.2) is 29.3 Å². The maximum absolute atomic E-state index is 13.1. The first-order chi connectivity index (χ1) is 13.5. The van der Waals surface area contributed by atoms with Crippen molar-refractivity contribution in [2.24, 2.45) is 0 Å². The van der Waals surface area contributed by atoms with E-state index >= 15 is 0 Å². The van der Waals surface area contributed by atoms with Crippen LogP contribution in [0.5, 0.6) is 5.75 Å². The fourth-order valence-corrected chi connectivity index (χ4v) is 4.97.